The second kappa shape index (κ2) is 6.30. The Labute approximate surface area is 117 Å². The van der Waals surface area contributed by atoms with E-state index in [1.807, 2.05) is 13.8 Å². The van der Waals surface area contributed by atoms with Crippen molar-refractivity contribution >= 4 is 29.2 Å². The predicted octanol–water partition coefficient (Wildman–Crippen LogP) is 4.35. The van der Waals surface area contributed by atoms with E-state index in [0.29, 0.717) is 15.8 Å². The van der Waals surface area contributed by atoms with E-state index in [1.165, 1.54) is 12.1 Å². The highest BCUT2D eigenvalue weighted by Gasteiger charge is 2.18. The van der Waals surface area contributed by atoms with E-state index in [0.717, 1.165) is 0 Å². The molecule has 0 saturated carbocycles. The molecule has 0 saturated heterocycles. The van der Waals surface area contributed by atoms with Crippen molar-refractivity contribution in [1.82, 2.24) is 0 Å². The van der Waals surface area contributed by atoms with Crippen molar-refractivity contribution in [2.75, 3.05) is 0 Å². The highest BCUT2D eigenvalue weighted by atomic mass is 35.5. The summed E-state index contributed by atoms with van der Waals surface area (Å²) in [5.74, 6) is -0.0933. The normalized spacial score (nSPS) is 10.9. The Morgan fingerprint density at radius 3 is 2.11 bits per heavy atom. The highest BCUT2D eigenvalue weighted by molar-refractivity contribution is 6.42. The molecule has 0 spiro atoms. The van der Waals surface area contributed by atoms with Gasteiger partial charge in [0.2, 0.25) is 0 Å². The van der Waals surface area contributed by atoms with Crippen LogP contribution in [0.3, 0.4) is 0 Å². The van der Waals surface area contributed by atoms with E-state index in [9.17, 15) is 4.79 Å². The van der Waals surface area contributed by atoms with E-state index in [-0.39, 0.29) is 17.8 Å². The molecule has 0 fully saturated rings. The van der Waals surface area contributed by atoms with Crippen LogP contribution in [0.2, 0.25) is 10.0 Å². The minimum absolute atomic E-state index is 0.0761. The summed E-state index contributed by atoms with van der Waals surface area (Å²) >= 11 is 11.8. The summed E-state index contributed by atoms with van der Waals surface area (Å²) in [6.07, 6.45) is -0.285. The standard InChI is InChI=1S/C13H16Cl2O3/c1-7(2)17-12-6-11(15)10(14)5-9(12)13(16)18-8(3)4/h5-8H,1-4H3. The minimum Gasteiger partial charge on any atom is -0.490 e. The first-order chi connectivity index (χ1) is 8.31. The molecule has 100 valence electrons. The molecule has 18 heavy (non-hydrogen) atoms. The number of rotatable bonds is 4. The fraction of sp³-hybridized carbons (Fsp3) is 0.462. The number of halogens is 2. The Balaban J connectivity index is 3.14. The van der Waals surface area contributed by atoms with Crippen molar-refractivity contribution < 1.29 is 14.3 Å². The summed E-state index contributed by atoms with van der Waals surface area (Å²) in [5, 5.41) is 0.636. The van der Waals surface area contributed by atoms with E-state index >= 15 is 0 Å². The number of esters is 1. The van der Waals surface area contributed by atoms with Gasteiger partial charge in [-0.2, -0.15) is 0 Å². The van der Waals surface area contributed by atoms with Crippen LogP contribution >= 0.6 is 23.2 Å². The maximum Gasteiger partial charge on any atom is 0.342 e. The van der Waals surface area contributed by atoms with Gasteiger partial charge in [-0.05, 0) is 33.8 Å². The summed E-state index contributed by atoms with van der Waals surface area (Å²) in [4.78, 5) is 11.9. The summed E-state index contributed by atoms with van der Waals surface area (Å²) in [5.41, 5.74) is 0.284. The quantitative estimate of drug-likeness (QED) is 0.774. The lowest BCUT2D eigenvalue weighted by Crippen LogP contribution is -2.15. The molecule has 1 aromatic rings. The van der Waals surface area contributed by atoms with Crippen LogP contribution in [0.4, 0.5) is 0 Å². The number of hydrogen-bond acceptors (Lipinski definition) is 3. The van der Waals surface area contributed by atoms with Crippen LogP contribution < -0.4 is 4.74 Å². The van der Waals surface area contributed by atoms with Crippen molar-refractivity contribution in [2.45, 2.75) is 39.9 Å². The molecule has 0 N–H and O–H groups in total. The fourth-order valence-electron chi connectivity index (χ4n) is 1.32. The van der Waals surface area contributed by atoms with Gasteiger partial charge < -0.3 is 9.47 Å². The molecular weight excluding hydrogens is 275 g/mol. The number of carbonyl (C=O) groups excluding carboxylic acids is 1. The Hall–Kier alpha value is -0.930. The minimum atomic E-state index is -0.473. The first-order valence-electron chi connectivity index (χ1n) is 5.68. The number of benzene rings is 1. The zero-order chi connectivity index (χ0) is 13.9. The molecule has 0 atom stereocenters. The van der Waals surface area contributed by atoms with Gasteiger partial charge in [0.25, 0.3) is 0 Å². The zero-order valence-corrected chi connectivity index (χ0v) is 12.3. The van der Waals surface area contributed by atoms with Gasteiger partial charge in [0, 0.05) is 6.07 Å². The molecule has 0 radical (unpaired) electrons. The lowest BCUT2D eigenvalue weighted by molar-refractivity contribution is 0.0372. The summed E-state index contributed by atoms with van der Waals surface area (Å²) in [6, 6.07) is 2.99. The maximum atomic E-state index is 11.9. The summed E-state index contributed by atoms with van der Waals surface area (Å²) < 4.78 is 10.7. The van der Waals surface area contributed by atoms with E-state index in [2.05, 4.69) is 0 Å². The van der Waals surface area contributed by atoms with Gasteiger partial charge in [-0.25, -0.2) is 4.79 Å². The van der Waals surface area contributed by atoms with Crippen LogP contribution in [-0.2, 0) is 4.74 Å². The summed E-state index contributed by atoms with van der Waals surface area (Å²) in [6.45, 7) is 7.27. The van der Waals surface area contributed by atoms with Crippen LogP contribution in [0.5, 0.6) is 5.75 Å². The molecule has 0 aromatic heterocycles. The second-order valence-electron chi connectivity index (χ2n) is 4.38. The van der Waals surface area contributed by atoms with Crippen molar-refractivity contribution in [3.8, 4) is 5.75 Å². The fourth-order valence-corrected chi connectivity index (χ4v) is 1.63. The Kier molecular flexibility index (Phi) is 5.29. The van der Waals surface area contributed by atoms with Gasteiger partial charge in [-0.15, -0.1) is 0 Å². The molecule has 0 amide bonds. The van der Waals surface area contributed by atoms with Gasteiger partial charge in [-0.1, -0.05) is 23.2 Å². The average molecular weight is 291 g/mol. The van der Waals surface area contributed by atoms with Gasteiger partial charge in [0.1, 0.15) is 11.3 Å². The molecule has 1 rings (SSSR count). The Morgan fingerprint density at radius 2 is 1.61 bits per heavy atom. The molecule has 0 bridgehead atoms. The van der Waals surface area contributed by atoms with Gasteiger partial charge in [0.05, 0.1) is 22.3 Å². The van der Waals surface area contributed by atoms with E-state index < -0.39 is 5.97 Å². The molecule has 0 aliphatic rings. The molecule has 0 aliphatic heterocycles. The molecule has 0 unspecified atom stereocenters. The molecule has 1 aromatic carbocycles. The van der Waals surface area contributed by atoms with Crippen LogP contribution in [0, 0.1) is 0 Å². The van der Waals surface area contributed by atoms with Crippen LogP contribution in [0.1, 0.15) is 38.1 Å². The number of ether oxygens (including phenoxy) is 2. The first kappa shape index (κ1) is 15.1. The first-order valence-corrected chi connectivity index (χ1v) is 6.43. The van der Waals surface area contributed by atoms with E-state index in [1.54, 1.807) is 13.8 Å². The molecular formula is C13H16Cl2O3. The summed E-state index contributed by atoms with van der Waals surface area (Å²) in [7, 11) is 0. The molecule has 3 nitrogen and oxygen atoms in total. The SMILES string of the molecule is CC(C)OC(=O)c1cc(Cl)c(Cl)cc1OC(C)C. The number of carbonyl (C=O) groups is 1. The zero-order valence-electron chi connectivity index (χ0n) is 10.8. The number of hydrogen-bond donors (Lipinski definition) is 0. The third kappa shape index (κ3) is 4.07. The lowest BCUT2D eigenvalue weighted by Gasteiger charge is -2.15. The topological polar surface area (TPSA) is 35.5 Å². The average Bonchev–Trinajstić information content (AvgIpc) is 2.21. The van der Waals surface area contributed by atoms with E-state index in [4.69, 9.17) is 32.7 Å². The van der Waals surface area contributed by atoms with Crippen LogP contribution in [0.25, 0.3) is 0 Å². The molecule has 0 heterocycles. The van der Waals surface area contributed by atoms with Crippen molar-refractivity contribution in [1.29, 1.82) is 0 Å². The van der Waals surface area contributed by atoms with Crippen LogP contribution in [0.15, 0.2) is 12.1 Å². The third-order valence-electron chi connectivity index (χ3n) is 1.95. The largest absolute Gasteiger partial charge is 0.490 e. The van der Waals surface area contributed by atoms with Crippen molar-refractivity contribution in [2.24, 2.45) is 0 Å². The molecule has 0 aliphatic carbocycles. The monoisotopic (exact) mass is 290 g/mol. The van der Waals surface area contributed by atoms with Crippen molar-refractivity contribution in [3.63, 3.8) is 0 Å². The highest BCUT2D eigenvalue weighted by Crippen LogP contribution is 2.32. The van der Waals surface area contributed by atoms with Crippen molar-refractivity contribution in [3.05, 3.63) is 27.7 Å². The Bertz CT molecular complexity index is 442. The second-order valence-corrected chi connectivity index (χ2v) is 5.20. The predicted molar refractivity (Wildman–Crippen MR) is 72.8 cm³/mol. The smallest absolute Gasteiger partial charge is 0.342 e. The molecule has 5 heteroatoms. The third-order valence-corrected chi connectivity index (χ3v) is 2.67. The van der Waals surface area contributed by atoms with Crippen LogP contribution in [-0.4, -0.2) is 18.2 Å². The lowest BCUT2D eigenvalue weighted by atomic mass is 10.2. The van der Waals surface area contributed by atoms with Gasteiger partial charge in [0.15, 0.2) is 0 Å². The Morgan fingerprint density at radius 1 is 1.06 bits per heavy atom. The van der Waals surface area contributed by atoms with Gasteiger partial charge in [-0.3, -0.25) is 0 Å². The maximum absolute atomic E-state index is 11.9. The van der Waals surface area contributed by atoms with Gasteiger partial charge >= 0.3 is 5.97 Å².